The third kappa shape index (κ3) is 4.72. The van der Waals surface area contributed by atoms with Gasteiger partial charge in [0, 0.05) is 43.4 Å². The molecule has 2 aromatic rings. The van der Waals surface area contributed by atoms with Gasteiger partial charge in [0.2, 0.25) is 0 Å². The van der Waals surface area contributed by atoms with Crippen LogP contribution in [0.3, 0.4) is 0 Å². The molecule has 1 fully saturated rings. The van der Waals surface area contributed by atoms with Crippen LogP contribution < -0.4 is 5.32 Å². The Hall–Kier alpha value is -1.62. The summed E-state index contributed by atoms with van der Waals surface area (Å²) in [6.07, 6.45) is 0. The predicted molar refractivity (Wildman–Crippen MR) is 110 cm³/mol. The normalized spacial score (nSPS) is 15.2. The molecule has 0 aromatic heterocycles. The Bertz CT molecular complexity index is 754. The average Bonchev–Trinajstić information content (AvgIpc) is 2.60. The second-order valence-electron chi connectivity index (χ2n) is 6.60. The smallest absolute Gasteiger partial charge is 0.173 e. The molecule has 0 saturated carbocycles. The molecule has 0 aliphatic carbocycles. The lowest BCUT2D eigenvalue weighted by molar-refractivity contribution is 0.177. The number of rotatable bonds is 3. The molecule has 132 valence electrons. The van der Waals surface area contributed by atoms with Crippen LogP contribution in [0.2, 0.25) is 5.02 Å². The first kappa shape index (κ1) is 18.2. The standard InChI is InChI=1S/C20H24ClN3S/c1-15-7-8-19(16(2)13-15)22-20(25)24-11-9-23(10-12-24)14-17-5-3-4-6-18(17)21/h3-8,13H,9-12,14H2,1-2H3,(H,22,25). The summed E-state index contributed by atoms with van der Waals surface area (Å²) in [6, 6.07) is 14.5. The lowest BCUT2D eigenvalue weighted by atomic mass is 10.1. The summed E-state index contributed by atoms with van der Waals surface area (Å²) >= 11 is 11.9. The van der Waals surface area contributed by atoms with Gasteiger partial charge in [0.05, 0.1) is 0 Å². The molecular formula is C20H24ClN3S. The van der Waals surface area contributed by atoms with Crippen LogP contribution in [0, 0.1) is 13.8 Å². The number of piperazine rings is 1. The van der Waals surface area contributed by atoms with Crippen LogP contribution in [0.25, 0.3) is 0 Å². The zero-order valence-electron chi connectivity index (χ0n) is 14.8. The van der Waals surface area contributed by atoms with E-state index in [9.17, 15) is 0 Å². The van der Waals surface area contributed by atoms with Crippen LogP contribution >= 0.6 is 23.8 Å². The fraction of sp³-hybridized carbons (Fsp3) is 0.350. The quantitative estimate of drug-likeness (QED) is 0.799. The molecule has 0 spiro atoms. The number of anilines is 1. The van der Waals surface area contributed by atoms with Crippen LogP contribution in [-0.2, 0) is 6.54 Å². The van der Waals surface area contributed by atoms with Crippen molar-refractivity contribution in [2.24, 2.45) is 0 Å². The van der Waals surface area contributed by atoms with E-state index in [0.717, 1.165) is 48.5 Å². The second-order valence-corrected chi connectivity index (χ2v) is 7.40. The topological polar surface area (TPSA) is 18.5 Å². The molecule has 1 saturated heterocycles. The Morgan fingerprint density at radius 2 is 1.80 bits per heavy atom. The van der Waals surface area contributed by atoms with E-state index in [4.69, 9.17) is 23.8 Å². The summed E-state index contributed by atoms with van der Waals surface area (Å²) < 4.78 is 0. The monoisotopic (exact) mass is 373 g/mol. The minimum Gasteiger partial charge on any atom is -0.346 e. The highest BCUT2D eigenvalue weighted by atomic mass is 35.5. The molecule has 0 bridgehead atoms. The molecule has 0 amide bonds. The van der Waals surface area contributed by atoms with Gasteiger partial charge < -0.3 is 10.2 Å². The highest BCUT2D eigenvalue weighted by molar-refractivity contribution is 7.80. The van der Waals surface area contributed by atoms with Gasteiger partial charge >= 0.3 is 0 Å². The maximum Gasteiger partial charge on any atom is 0.173 e. The van der Waals surface area contributed by atoms with Gasteiger partial charge in [-0.05, 0) is 49.3 Å². The first-order chi connectivity index (χ1) is 12.0. The number of hydrogen-bond donors (Lipinski definition) is 1. The fourth-order valence-electron chi connectivity index (χ4n) is 3.12. The van der Waals surface area contributed by atoms with Crippen molar-refractivity contribution in [3.8, 4) is 0 Å². The summed E-state index contributed by atoms with van der Waals surface area (Å²) in [5, 5.41) is 5.05. The van der Waals surface area contributed by atoms with E-state index in [1.54, 1.807) is 0 Å². The Balaban J connectivity index is 1.53. The van der Waals surface area contributed by atoms with Gasteiger partial charge in [-0.2, -0.15) is 0 Å². The Kier molecular flexibility index (Phi) is 5.94. The first-order valence-corrected chi connectivity index (χ1v) is 9.40. The maximum absolute atomic E-state index is 6.27. The molecule has 0 atom stereocenters. The van der Waals surface area contributed by atoms with Crippen molar-refractivity contribution in [2.75, 3.05) is 31.5 Å². The number of nitrogens with one attached hydrogen (secondary N) is 1. The SMILES string of the molecule is Cc1ccc(NC(=S)N2CCN(Cc3ccccc3Cl)CC2)c(C)c1. The molecule has 5 heteroatoms. The van der Waals surface area contributed by atoms with Crippen molar-refractivity contribution in [2.45, 2.75) is 20.4 Å². The third-order valence-corrected chi connectivity index (χ3v) is 5.36. The number of nitrogens with zero attached hydrogens (tertiary/aromatic N) is 2. The first-order valence-electron chi connectivity index (χ1n) is 8.62. The van der Waals surface area contributed by atoms with E-state index in [-0.39, 0.29) is 0 Å². The average molecular weight is 374 g/mol. The van der Waals surface area contributed by atoms with Crippen molar-refractivity contribution in [3.05, 3.63) is 64.2 Å². The molecule has 3 nitrogen and oxygen atoms in total. The molecule has 2 aromatic carbocycles. The Labute approximate surface area is 160 Å². The molecule has 3 rings (SSSR count). The van der Waals surface area contributed by atoms with E-state index in [1.165, 1.54) is 16.7 Å². The van der Waals surface area contributed by atoms with E-state index in [2.05, 4.69) is 53.2 Å². The summed E-state index contributed by atoms with van der Waals surface area (Å²) in [6.45, 7) is 8.94. The van der Waals surface area contributed by atoms with Gasteiger partial charge in [0.25, 0.3) is 0 Å². The molecule has 0 unspecified atom stereocenters. The van der Waals surface area contributed by atoms with E-state index in [1.807, 2.05) is 18.2 Å². The largest absolute Gasteiger partial charge is 0.346 e. The van der Waals surface area contributed by atoms with Crippen LogP contribution in [0.4, 0.5) is 5.69 Å². The maximum atomic E-state index is 6.27. The minimum absolute atomic E-state index is 0.810. The molecular weight excluding hydrogens is 350 g/mol. The van der Waals surface area contributed by atoms with Crippen LogP contribution in [0.1, 0.15) is 16.7 Å². The van der Waals surface area contributed by atoms with Gasteiger partial charge in [-0.25, -0.2) is 0 Å². The zero-order valence-corrected chi connectivity index (χ0v) is 16.3. The fourth-order valence-corrected chi connectivity index (χ4v) is 3.61. The molecule has 0 radical (unpaired) electrons. The number of halogens is 1. The van der Waals surface area contributed by atoms with Crippen LogP contribution in [0.15, 0.2) is 42.5 Å². The van der Waals surface area contributed by atoms with Crippen molar-refractivity contribution in [1.82, 2.24) is 9.80 Å². The van der Waals surface area contributed by atoms with Gasteiger partial charge in [-0.3, -0.25) is 4.90 Å². The molecule has 25 heavy (non-hydrogen) atoms. The minimum atomic E-state index is 0.810. The lowest BCUT2D eigenvalue weighted by Crippen LogP contribution is -2.49. The third-order valence-electron chi connectivity index (χ3n) is 4.63. The Morgan fingerprint density at radius 1 is 1.08 bits per heavy atom. The van der Waals surface area contributed by atoms with Gasteiger partial charge in [0.15, 0.2) is 5.11 Å². The van der Waals surface area contributed by atoms with Crippen molar-refractivity contribution in [3.63, 3.8) is 0 Å². The number of thiocarbonyl (C=S) groups is 1. The highest BCUT2D eigenvalue weighted by Crippen LogP contribution is 2.19. The van der Waals surface area contributed by atoms with Crippen LogP contribution in [-0.4, -0.2) is 41.1 Å². The molecule has 1 aliphatic heterocycles. The number of aryl methyl sites for hydroxylation is 2. The van der Waals surface area contributed by atoms with Crippen molar-refractivity contribution >= 4 is 34.6 Å². The van der Waals surface area contributed by atoms with E-state index in [0.29, 0.717) is 0 Å². The van der Waals surface area contributed by atoms with Crippen LogP contribution in [0.5, 0.6) is 0 Å². The summed E-state index contributed by atoms with van der Waals surface area (Å²) in [7, 11) is 0. The van der Waals surface area contributed by atoms with Gasteiger partial charge in [0.1, 0.15) is 0 Å². The number of hydrogen-bond acceptors (Lipinski definition) is 2. The summed E-state index contributed by atoms with van der Waals surface area (Å²) in [5.41, 5.74) is 4.77. The molecule has 1 N–H and O–H groups in total. The molecule has 1 heterocycles. The lowest BCUT2D eigenvalue weighted by Gasteiger charge is -2.36. The highest BCUT2D eigenvalue weighted by Gasteiger charge is 2.19. The summed E-state index contributed by atoms with van der Waals surface area (Å²) in [4.78, 5) is 4.68. The van der Waals surface area contributed by atoms with Gasteiger partial charge in [-0.1, -0.05) is 47.5 Å². The predicted octanol–water partition coefficient (Wildman–Crippen LogP) is 4.47. The zero-order chi connectivity index (χ0) is 17.8. The van der Waals surface area contributed by atoms with Gasteiger partial charge in [-0.15, -0.1) is 0 Å². The van der Waals surface area contributed by atoms with E-state index >= 15 is 0 Å². The summed E-state index contributed by atoms with van der Waals surface area (Å²) in [5.74, 6) is 0. The number of benzene rings is 2. The van der Waals surface area contributed by atoms with Crippen molar-refractivity contribution in [1.29, 1.82) is 0 Å². The Morgan fingerprint density at radius 3 is 2.48 bits per heavy atom. The second kappa shape index (κ2) is 8.17. The van der Waals surface area contributed by atoms with Crippen molar-refractivity contribution < 1.29 is 0 Å². The molecule has 1 aliphatic rings. The van der Waals surface area contributed by atoms with E-state index < -0.39 is 0 Å².